The molecule has 7 nitrogen and oxygen atoms in total. The fourth-order valence-corrected chi connectivity index (χ4v) is 3.82. The number of hydrogen-bond donors (Lipinski definition) is 0. The van der Waals surface area contributed by atoms with Crippen molar-refractivity contribution in [2.75, 3.05) is 20.3 Å². The third-order valence-corrected chi connectivity index (χ3v) is 5.22. The standard InChI is InChI=1S/C21H26O7S/c1-15-9-16(2)11-21(10-15)29(23,24)27-14-20(28-17(3)22)13-26-12-18-5-7-19(25-4)8-6-18/h5-11,20H,12-14H2,1-4H3. The molecule has 8 heteroatoms. The Morgan fingerprint density at radius 2 is 1.62 bits per heavy atom. The molecule has 0 aliphatic heterocycles. The Kier molecular flexibility index (Phi) is 8.19. The first-order chi connectivity index (χ1) is 13.7. The van der Waals surface area contributed by atoms with Gasteiger partial charge >= 0.3 is 5.97 Å². The van der Waals surface area contributed by atoms with Gasteiger partial charge in [-0.15, -0.1) is 0 Å². The smallest absolute Gasteiger partial charge is 0.303 e. The Morgan fingerprint density at radius 1 is 1.00 bits per heavy atom. The lowest BCUT2D eigenvalue weighted by Gasteiger charge is -2.17. The second-order valence-corrected chi connectivity index (χ2v) is 8.27. The second kappa shape index (κ2) is 10.4. The summed E-state index contributed by atoms with van der Waals surface area (Å²) in [5.41, 5.74) is 2.52. The van der Waals surface area contributed by atoms with Crippen LogP contribution in [0.1, 0.15) is 23.6 Å². The van der Waals surface area contributed by atoms with Crippen LogP contribution in [-0.4, -0.2) is 40.8 Å². The average Bonchev–Trinajstić information content (AvgIpc) is 2.65. The Morgan fingerprint density at radius 3 is 2.17 bits per heavy atom. The zero-order chi connectivity index (χ0) is 21.4. The van der Waals surface area contributed by atoms with Gasteiger partial charge in [0.05, 0.1) is 25.2 Å². The summed E-state index contributed by atoms with van der Waals surface area (Å²) in [6.45, 7) is 4.79. The van der Waals surface area contributed by atoms with Crippen molar-refractivity contribution in [2.24, 2.45) is 0 Å². The second-order valence-electron chi connectivity index (χ2n) is 6.66. The molecule has 0 saturated carbocycles. The molecule has 0 bridgehead atoms. The van der Waals surface area contributed by atoms with Crippen molar-refractivity contribution in [3.63, 3.8) is 0 Å². The van der Waals surface area contributed by atoms with Crippen LogP contribution in [0.3, 0.4) is 0 Å². The molecule has 0 radical (unpaired) electrons. The largest absolute Gasteiger partial charge is 0.497 e. The summed E-state index contributed by atoms with van der Waals surface area (Å²) in [5, 5.41) is 0. The van der Waals surface area contributed by atoms with Gasteiger partial charge in [0, 0.05) is 6.92 Å². The van der Waals surface area contributed by atoms with E-state index >= 15 is 0 Å². The summed E-state index contributed by atoms with van der Waals surface area (Å²) in [6, 6.07) is 12.2. The maximum absolute atomic E-state index is 12.5. The van der Waals surface area contributed by atoms with Crippen molar-refractivity contribution in [1.82, 2.24) is 0 Å². The summed E-state index contributed by atoms with van der Waals surface area (Å²) in [5.74, 6) is 0.187. The van der Waals surface area contributed by atoms with Crippen molar-refractivity contribution in [3.8, 4) is 5.75 Å². The van der Waals surface area contributed by atoms with Crippen LogP contribution in [0.5, 0.6) is 5.75 Å². The quantitative estimate of drug-likeness (QED) is 0.429. The highest BCUT2D eigenvalue weighted by atomic mass is 32.2. The molecule has 0 N–H and O–H groups in total. The third kappa shape index (κ3) is 7.49. The van der Waals surface area contributed by atoms with Gasteiger partial charge in [0.15, 0.2) is 0 Å². The molecule has 1 unspecified atom stereocenters. The number of carbonyl (C=O) groups is 1. The molecule has 2 aromatic carbocycles. The molecular weight excluding hydrogens is 396 g/mol. The van der Waals surface area contributed by atoms with E-state index in [0.29, 0.717) is 0 Å². The first kappa shape index (κ1) is 22.9. The van der Waals surface area contributed by atoms with Gasteiger partial charge in [-0.05, 0) is 54.8 Å². The molecule has 0 heterocycles. The molecular formula is C21H26O7S. The first-order valence-corrected chi connectivity index (χ1v) is 10.5. The monoisotopic (exact) mass is 422 g/mol. The van der Waals surface area contributed by atoms with Crippen LogP contribution in [0.2, 0.25) is 0 Å². The summed E-state index contributed by atoms with van der Waals surface area (Å²) >= 11 is 0. The molecule has 2 aromatic rings. The van der Waals surface area contributed by atoms with Gasteiger partial charge in [0.1, 0.15) is 18.5 Å². The number of esters is 1. The lowest BCUT2D eigenvalue weighted by Crippen LogP contribution is -2.29. The van der Waals surface area contributed by atoms with Crippen LogP contribution in [0.25, 0.3) is 0 Å². The maximum Gasteiger partial charge on any atom is 0.303 e. The maximum atomic E-state index is 12.5. The Bertz CT molecular complexity index is 900. The highest BCUT2D eigenvalue weighted by molar-refractivity contribution is 7.86. The Hall–Kier alpha value is -2.42. The topological polar surface area (TPSA) is 88.1 Å². The van der Waals surface area contributed by atoms with Crippen LogP contribution in [-0.2, 0) is 35.2 Å². The van der Waals surface area contributed by atoms with Crippen molar-refractivity contribution >= 4 is 16.1 Å². The van der Waals surface area contributed by atoms with E-state index in [1.165, 1.54) is 19.1 Å². The third-order valence-electron chi connectivity index (χ3n) is 3.96. The molecule has 29 heavy (non-hydrogen) atoms. The number of aryl methyl sites for hydroxylation is 2. The van der Waals surface area contributed by atoms with E-state index in [1.807, 2.05) is 30.3 Å². The van der Waals surface area contributed by atoms with E-state index in [9.17, 15) is 13.2 Å². The van der Waals surface area contributed by atoms with Gasteiger partial charge in [0.2, 0.25) is 0 Å². The summed E-state index contributed by atoms with van der Waals surface area (Å²) in [6.07, 6.45) is -0.855. The van der Waals surface area contributed by atoms with Crippen molar-refractivity contribution in [2.45, 2.75) is 38.4 Å². The van der Waals surface area contributed by atoms with Crippen LogP contribution < -0.4 is 4.74 Å². The SMILES string of the molecule is COc1ccc(COCC(COS(=O)(=O)c2cc(C)cc(C)c2)OC(C)=O)cc1. The number of hydrogen-bond acceptors (Lipinski definition) is 7. The van der Waals surface area contributed by atoms with E-state index < -0.39 is 22.2 Å². The highest BCUT2D eigenvalue weighted by Gasteiger charge is 2.21. The van der Waals surface area contributed by atoms with Gasteiger partial charge in [0.25, 0.3) is 10.1 Å². The molecule has 0 fully saturated rings. The predicted molar refractivity (Wildman–Crippen MR) is 107 cm³/mol. The molecule has 0 spiro atoms. The van der Waals surface area contributed by atoms with Crippen molar-refractivity contribution < 1.29 is 31.6 Å². The number of carbonyl (C=O) groups excluding carboxylic acids is 1. The number of ether oxygens (including phenoxy) is 3. The molecule has 0 aromatic heterocycles. The number of benzene rings is 2. The van der Waals surface area contributed by atoms with Gasteiger partial charge < -0.3 is 14.2 Å². The number of methoxy groups -OCH3 is 1. The van der Waals surface area contributed by atoms with Crippen LogP contribution in [0, 0.1) is 13.8 Å². The molecule has 0 aliphatic rings. The molecule has 0 aliphatic carbocycles. The predicted octanol–water partition coefficient (Wildman–Crippen LogP) is 3.17. The fourth-order valence-electron chi connectivity index (χ4n) is 2.69. The minimum absolute atomic E-state index is 0.00598. The van der Waals surface area contributed by atoms with Gasteiger partial charge in [-0.25, -0.2) is 0 Å². The normalized spacial score (nSPS) is 12.4. The molecule has 2 rings (SSSR count). The molecule has 158 valence electrons. The zero-order valence-electron chi connectivity index (χ0n) is 17.0. The Balaban J connectivity index is 1.95. The molecule has 1 atom stereocenters. The summed E-state index contributed by atoms with van der Waals surface area (Å²) in [7, 11) is -2.40. The minimum atomic E-state index is -3.98. The van der Waals surface area contributed by atoms with E-state index in [-0.39, 0.29) is 24.7 Å². The van der Waals surface area contributed by atoms with E-state index in [2.05, 4.69) is 0 Å². The zero-order valence-corrected chi connectivity index (χ0v) is 17.8. The van der Waals surface area contributed by atoms with Gasteiger partial charge in [-0.1, -0.05) is 18.2 Å². The van der Waals surface area contributed by atoms with E-state index in [4.69, 9.17) is 18.4 Å². The summed E-state index contributed by atoms with van der Waals surface area (Å²) in [4.78, 5) is 11.4. The lowest BCUT2D eigenvalue weighted by atomic mass is 10.2. The number of rotatable bonds is 10. The van der Waals surface area contributed by atoms with Crippen LogP contribution in [0.4, 0.5) is 0 Å². The van der Waals surface area contributed by atoms with Crippen molar-refractivity contribution in [3.05, 3.63) is 59.2 Å². The van der Waals surface area contributed by atoms with Crippen molar-refractivity contribution in [1.29, 1.82) is 0 Å². The van der Waals surface area contributed by atoms with Gasteiger partial charge in [-0.3, -0.25) is 8.98 Å². The van der Waals surface area contributed by atoms with Crippen LogP contribution >= 0.6 is 0 Å². The van der Waals surface area contributed by atoms with E-state index in [1.54, 1.807) is 21.0 Å². The molecule has 0 saturated heterocycles. The summed E-state index contributed by atoms with van der Waals surface area (Å²) < 4.78 is 45.9. The van der Waals surface area contributed by atoms with Gasteiger partial charge in [-0.2, -0.15) is 8.42 Å². The first-order valence-electron chi connectivity index (χ1n) is 9.05. The minimum Gasteiger partial charge on any atom is -0.497 e. The highest BCUT2D eigenvalue weighted by Crippen LogP contribution is 2.18. The molecule has 0 amide bonds. The fraction of sp³-hybridized carbons (Fsp3) is 0.381. The average molecular weight is 422 g/mol. The van der Waals surface area contributed by atoms with Crippen LogP contribution in [0.15, 0.2) is 47.4 Å². The lowest BCUT2D eigenvalue weighted by molar-refractivity contribution is -0.151. The van der Waals surface area contributed by atoms with E-state index in [0.717, 1.165) is 22.4 Å². The Labute approximate surface area is 171 Å².